The van der Waals surface area contributed by atoms with Crippen molar-refractivity contribution in [3.63, 3.8) is 0 Å². The molecule has 2 aromatic heterocycles. The van der Waals surface area contributed by atoms with Crippen molar-refractivity contribution in [2.24, 2.45) is 0 Å². The number of aromatic nitrogens is 2. The van der Waals surface area contributed by atoms with E-state index in [4.69, 9.17) is 0 Å². The summed E-state index contributed by atoms with van der Waals surface area (Å²) in [5.74, 6) is 0. The Morgan fingerprint density at radius 2 is 1.80 bits per heavy atom. The van der Waals surface area contributed by atoms with Crippen LogP contribution in [-0.2, 0) is 6.54 Å². The Balaban J connectivity index is 1.90. The first-order chi connectivity index (χ1) is 9.54. The third-order valence-corrected chi connectivity index (χ3v) is 4.46. The zero-order chi connectivity index (χ0) is 14.3. The maximum absolute atomic E-state index is 4.62. The first-order valence-electron chi connectivity index (χ1n) is 6.79. The summed E-state index contributed by atoms with van der Waals surface area (Å²) in [5, 5.41) is 5.68. The Bertz CT molecular complexity index is 747. The number of nitrogens with zero attached hydrogens (tertiary/aromatic N) is 2. The molecule has 0 aliphatic heterocycles. The number of benzene rings is 1. The van der Waals surface area contributed by atoms with Crippen LogP contribution in [0.15, 0.2) is 23.6 Å². The smallest absolute Gasteiger partial charge is 0.194 e. The molecule has 0 radical (unpaired) electrons. The van der Waals surface area contributed by atoms with Crippen LogP contribution in [0.1, 0.15) is 28.2 Å². The maximum Gasteiger partial charge on any atom is 0.194 e. The molecule has 2 heterocycles. The zero-order valence-corrected chi connectivity index (χ0v) is 13.1. The lowest BCUT2D eigenvalue weighted by Gasteiger charge is -2.09. The molecule has 0 spiro atoms. The summed E-state index contributed by atoms with van der Waals surface area (Å²) >= 11 is 1.70. The lowest BCUT2D eigenvalue weighted by molar-refractivity contribution is 0.966. The number of thiazole rings is 1. The summed E-state index contributed by atoms with van der Waals surface area (Å²) in [6, 6.07) is 6.55. The molecule has 0 fully saturated rings. The molecule has 3 nitrogen and oxygen atoms in total. The number of fused-ring (bicyclic) bond motifs is 1. The third-order valence-electron chi connectivity index (χ3n) is 3.51. The molecule has 3 rings (SSSR count). The van der Waals surface area contributed by atoms with E-state index in [2.05, 4.69) is 66.0 Å². The van der Waals surface area contributed by atoms with E-state index in [9.17, 15) is 0 Å². The summed E-state index contributed by atoms with van der Waals surface area (Å²) in [5.41, 5.74) is 7.35. The van der Waals surface area contributed by atoms with Crippen LogP contribution in [0.25, 0.3) is 4.96 Å². The summed E-state index contributed by atoms with van der Waals surface area (Å²) in [7, 11) is 0. The van der Waals surface area contributed by atoms with Gasteiger partial charge in [-0.1, -0.05) is 6.07 Å². The van der Waals surface area contributed by atoms with Gasteiger partial charge in [-0.3, -0.25) is 4.40 Å². The molecule has 0 saturated heterocycles. The van der Waals surface area contributed by atoms with Crippen LogP contribution >= 0.6 is 11.3 Å². The van der Waals surface area contributed by atoms with E-state index in [-0.39, 0.29) is 0 Å². The minimum absolute atomic E-state index is 0.799. The van der Waals surface area contributed by atoms with E-state index in [1.807, 2.05) is 0 Å². The Kier molecular flexibility index (Phi) is 3.26. The standard InChI is InChI=1S/C16H19N3S/c1-10-5-11(2)7-14(6-10)17-8-15-13(4)18-16-19(15)12(3)9-20-16/h5-7,9,17H,8H2,1-4H3. The molecule has 0 aliphatic rings. The largest absolute Gasteiger partial charge is 0.379 e. The van der Waals surface area contributed by atoms with Crippen LogP contribution < -0.4 is 5.32 Å². The van der Waals surface area contributed by atoms with Crippen molar-refractivity contribution < 1.29 is 0 Å². The molecule has 0 amide bonds. The van der Waals surface area contributed by atoms with Gasteiger partial charge in [-0.2, -0.15) is 0 Å². The Hall–Kier alpha value is -1.81. The van der Waals surface area contributed by atoms with E-state index >= 15 is 0 Å². The highest BCUT2D eigenvalue weighted by molar-refractivity contribution is 7.15. The molecule has 4 heteroatoms. The fourth-order valence-electron chi connectivity index (χ4n) is 2.64. The van der Waals surface area contributed by atoms with Crippen molar-refractivity contribution in [2.45, 2.75) is 34.2 Å². The molecule has 104 valence electrons. The molecule has 3 aromatic rings. The van der Waals surface area contributed by atoms with Crippen LogP contribution in [0, 0.1) is 27.7 Å². The molecular formula is C16H19N3S. The van der Waals surface area contributed by atoms with Crippen molar-refractivity contribution >= 4 is 22.0 Å². The second kappa shape index (κ2) is 4.94. The topological polar surface area (TPSA) is 29.3 Å². The maximum atomic E-state index is 4.62. The van der Waals surface area contributed by atoms with E-state index in [0.717, 1.165) is 17.2 Å². The third kappa shape index (κ3) is 2.31. The summed E-state index contributed by atoms with van der Waals surface area (Å²) in [6.07, 6.45) is 0. The molecule has 1 N–H and O–H groups in total. The molecule has 1 aromatic carbocycles. The molecule has 0 aliphatic carbocycles. The van der Waals surface area contributed by atoms with Gasteiger partial charge in [0.1, 0.15) is 0 Å². The molecule has 0 bridgehead atoms. The minimum atomic E-state index is 0.799. The monoisotopic (exact) mass is 285 g/mol. The SMILES string of the molecule is Cc1cc(C)cc(NCc2c(C)nc3scc(C)n23)c1. The zero-order valence-electron chi connectivity index (χ0n) is 12.3. The van der Waals surface area contributed by atoms with Gasteiger partial charge in [0.05, 0.1) is 17.9 Å². The fraction of sp³-hybridized carbons (Fsp3) is 0.312. The normalized spacial score (nSPS) is 11.2. The summed E-state index contributed by atoms with van der Waals surface area (Å²) < 4.78 is 2.25. The van der Waals surface area contributed by atoms with Crippen LogP contribution in [-0.4, -0.2) is 9.38 Å². The quantitative estimate of drug-likeness (QED) is 0.780. The highest BCUT2D eigenvalue weighted by Crippen LogP contribution is 2.22. The van der Waals surface area contributed by atoms with Crippen molar-refractivity contribution in [3.05, 3.63) is 51.8 Å². The Morgan fingerprint density at radius 3 is 2.50 bits per heavy atom. The van der Waals surface area contributed by atoms with Crippen LogP contribution in [0.2, 0.25) is 0 Å². The molecule has 20 heavy (non-hydrogen) atoms. The summed E-state index contributed by atoms with van der Waals surface area (Å²) in [4.78, 5) is 5.70. The lowest BCUT2D eigenvalue weighted by atomic mass is 10.1. The predicted molar refractivity (Wildman–Crippen MR) is 85.8 cm³/mol. The average molecular weight is 285 g/mol. The molecule has 0 unspecified atom stereocenters. The van der Waals surface area contributed by atoms with Crippen molar-refractivity contribution in [1.29, 1.82) is 0 Å². The van der Waals surface area contributed by atoms with Crippen molar-refractivity contribution in [2.75, 3.05) is 5.32 Å². The first-order valence-corrected chi connectivity index (χ1v) is 7.67. The number of anilines is 1. The van der Waals surface area contributed by atoms with E-state index < -0.39 is 0 Å². The Labute approximate surface area is 123 Å². The second-order valence-electron chi connectivity index (χ2n) is 5.37. The number of rotatable bonds is 3. The van der Waals surface area contributed by atoms with Crippen molar-refractivity contribution in [1.82, 2.24) is 9.38 Å². The second-order valence-corrected chi connectivity index (χ2v) is 6.21. The number of nitrogens with one attached hydrogen (secondary N) is 1. The number of hydrogen-bond acceptors (Lipinski definition) is 3. The van der Waals surface area contributed by atoms with Crippen molar-refractivity contribution in [3.8, 4) is 0 Å². The first kappa shape index (κ1) is 13.2. The summed E-state index contributed by atoms with van der Waals surface area (Å²) in [6.45, 7) is 9.27. The average Bonchev–Trinajstić information content (AvgIpc) is 2.86. The van der Waals surface area contributed by atoms with Gasteiger partial charge in [0.15, 0.2) is 4.96 Å². The highest BCUT2D eigenvalue weighted by Gasteiger charge is 2.11. The van der Waals surface area contributed by atoms with E-state index in [1.54, 1.807) is 11.3 Å². The van der Waals surface area contributed by atoms with Gasteiger partial charge < -0.3 is 5.32 Å². The predicted octanol–water partition coefficient (Wildman–Crippen LogP) is 4.24. The number of aryl methyl sites for hydroxylation is 4. The van der Waals surface area contributed by atoms with Gasteiger partial charge in [0, 0.05) is 16.8 Å². The van der Waals surface area contributed by atoms with Gasteiger partial charge in [-0.15, -0.1) is 11.3 Å². The molecular weight excluding hydrogens is 266 g/mol. The van der Waals surface area contributed by atoms with Crippen LogP contribution in [0.4, 0.5) is 5.69 Å². The van der Waals surface area contributed by atoms with Gasteiger partial charge in [-0.25, -0.2) is 4.98 Å². The molecule has 0 saturated carbocycles. The lowest BCUT2D eigenvalue weighted by Crippen LogP contribution is -2.05. The van der Waals surface area contributed by atoms with Crippen LogP contribution in [0.3, 0.4) is 0 Å². The fourth-order valence-corrected chi connectivity index (χ4v) is 3.57. The van der Waals surface area contributed by atoms with E-state index in [1.165, 1.54) is 28.2 Å². The van der Waals surface area contributed by atoms with Gasteiger partial charge in [-0.05, 0) is 51.0 Å². The highest BCUT2D eigenvalue weighted by atomic mass is 32.1. The number of hydrogen-bond donors (Lipinski definition) is 1. The Morgan fingerprint density at radius 1 is 1.10 bits per heavy atom. The van der Waals surface area contributed by atoms with Gasteiger partial charge >= 0.3 is 0 Å². The number of imidazole rings is 1. The van der Waals surface area contributed by atoms with Crippen LogP contribution in [0.5, 0.6) is 0 Å². The molecule has 0 atom stereocenters. The van der Waals surface area contributed by atoms with E-state index in [0.29, 0.717) is 0 Å². The minimum Gasteiger partial charge on any atom is -0.379 e. The van der Waals surface area contributed by atoms with Gasteiger partial charge in [0.2, 0.25) is 0 Å². The van der Waals surface area contributed by atoms with Gasteiger partial charge in [0.25, 0.3) is 0 Å².